The minimum Gasteiger partial charge on any atom is -0.485 e. The van der Waals surface area contributed by atoms with Gasteiger partial charge in [0, 0.05) is 12.0 Å². The molecular weight excluding hydrogens is 338 g/mol. The van der Waals surface area contributed by atoms with Crippen molar-refractivity contribution in [3.8, 4) is 22.9 Å². The molecule has 124 valence electrons. The topological polar surface area (TPSA) is 76.6 Å². The number of hydrogen-bond donors (Lipinski definition) is 0. The summed E-state index contributed by atoms with van der Waals surface area (Å²) in [5, 5.41) is 13.7. The molecule has 0 fully saturated rings. The Balaban J connectivity index is 1.57. The van der Waals surface area contributed by atoms with Crippen molar-refractivity contribution in [3.63, 3.8) is 0 Å². The van der Waals surface area contributed by atoms with Crippen molar-refractivity contribution in [3.05, 3.63) is 58.9 Å². The molecule has 0 saturated heterocycles. The third-order valence-electron chi connectivity index (χ3n) is 4.29. The first-order valence-corrected chi connectivity index (χ1v) is 8.22. The summed E-state index contributed by atoms with van der Waals surface area (Å²) in [6.45, 7) is 2.68. The zero-order valence-corrected chi connectivity index (χ0v) is 14.2. The molecule has 0 unspecified atom stereocenters. The van der Waals surface area contributed by atoms with Crippen molar-refractivity contribution in [2.24, 2.45) is 0 Å². The normalized spacial score (nSPS) is 15.6. The number of aromatic nitrogens is 4. The molecule has 1 aliphatic rings. The Hall–Kier alpha value is -2.91. The van der Waals surface area contributed by atoms with E-state index in [-0.39, 0.29) is 11.4 Å². The van der Waals surface area contributed by atoms with E-state index in [1.54, 1.807) is 12.4 Å². The summed E-state index contributed by atoms with van der Waals surface area (Å²) in [4.78, 5) is 7.86. The predicted molar refractivity (Wildman–Crippen MR) is 92.3 cm³/mol. The van der Waals surface area contributed by atoms with Crippen LogP contribution in [0.25, 0.3) is 11.1 Å². The van der Waals surface area contributed by atoms with Crippen molar-refractivity contribution < 1.29 is 4.74 Å². The first kappa shape index (κ1) is 15.6. The zero-order chi connectivity index (χ0) is 17.4. The van der Waals surface area contributed by atoms with Gasteiger partial charge in [0.1, 0.15) is 6.10 Å². The monoisotopic (exact) mass is 351 g/mol. The number of benzene rings is 1. The summed E-state index contributed by atoms with van der Waals surface area (Å²) >= 11 is 5.70. The van der Waals surface area contributed by atoms with E-state index in [9.17, 15) is 0 Å². The van der Waals surface area contributed by atoms with Crippen LogP contribution in [-0.4, -0.2) is 25.9 Å². The number of aryl methyl sites for hydroxylation is 1. The largest absolute Gasteiger partial charge is 0.485 e. The van der Waals surface area contributed by atoms with E-state index in [1.807, 2.05) is 36.0 Å². The molecule has 0 N–H and O–H groups in total. The van der Waals surface area contributed by atoms with Gasteiger partial charge < -0.3 is 4.74 Å². The Morgan fingerprint density at radius 2 is 2.04 bits per heavy atom. The van der Waals surface area contributed by atoms with Gasteiger partial charge in [-0.3, -0.25) is 4.68 Å². The quantitative estimate of drug-likeness (QED) is 0.677. The van der Waals surface area contributed by atoms with E-state index in [4.69, 9.17) is 21.6 Å². The maximum absolute atomic E-state index is 9.03. The summed E-state index contributed by atoms with van der Waals surface area (Å²) in [5.41, 5.74) is 5.03. The zero-order valence-electron chi connectivity index (χ0n) is 13.5. The Labute approximate surface area is 149 Å². The van der Waals surface area contributed by atoms with Crippen LogP contribution in [0.4, 0.5) is 0 Å². The number of hydrogen-bond acceptors (Lipinski definition) is 5. The highest BCUT2D eigenvalue weighted by atomic mass is 35.5. The molecule has 1 atom stereocenters. The fourth-order valence-corrected chi connectivity index (χ4v) is 3.25. The fourth-order valence-electron chi connectivity index (χ4n) is 3.15. The van der Waals surface area contributed by atoms with Gasteiger partial charge in [-0.1, -0.05) is 6.07 Å². The van der Waals surface area contributed by atoms with Crippen molar-refractivity contribution in [2.75, 3.05) is 0 Å². The van der Waals surface area contributed by atoms with Gasteiger partial charge in [0.25, 0.3) is 0 Å². The average Bonchev–Trinajstić information content (AvgIpc) is 3.17. The van der Waals surface area contributed by atoms with E-state index in [1.165, 1.54) is 0 Å². The van der Waals surface area contributed by atoms with Crippen LogP contribution < -0.4 is 4.74 Å². The average molecular weight is 352 g/mol. The lowest BCUT2D eigenvalue weighted by Crippen LogP contribution is -2.18. The Morgan fingerprint density at radius 3 is 2.76 bits per heavy atom. The Kier molecular flexibility index (Phi) is 3.86. The van der Waals surface area contributed by atoms with Gasteiger partial charge in [0.2, 0.25) is 5.28 Å². The number of ether oxygens (including phenoxy) is 1. The smallest absolute Gasteiger partial charge is 0.222 e. The van der Waals surface area contributed by atoms with Gasteiger partial charge in [-0.25, -0.2) is 9.97 Å². The van der Waals surface area contributed by atoms with Gasteiger partial charge in [-0.15, -0.1) is 0 Å². The van der Waals surface area contributed by atoms with Crippen LogP contribution in [0.2, 0.25) is 5.28 Å². The second-order valence-corrected chi connectivity index (χ2v) is 6.30. The first-order chi connectivity index (χ1) is 12.1. The Bertz CT molecular complexity index is 974. The summed E-state index contributed by atoms with van der Waals surface area (Å²) < 4.78 is 7.91. The third kappa shape index (κ3) is 2.94. The highest BCUT2D eigenvalue weighted by Crippen LogP contribution is 2.32. The van der Waals surface area contributed by atoms with Crippen LogP contribution in [0.3, 0.4) is 0 Å². The number of nitriles is 1. The Morgan fingerprint density at radius 1 is 1.24 bits per heavy atom. The summed E-state index contributed by atoms with van der Waals surface area (Å²) in [5.74, 6) is 0.594. The molecule has 0 radical (unpaired) electrons. The standard InChI is InChI=1S/C18H14ClN5O/c1-11-4-12(6-20)2-3-15(11)16-9-23-24-10-13(5-17(16)24)25-14-7-21-18(19)22-8-14/h2-4,7-9,13H,5,10H2,1H3/t13-/m1/s1. The molecule has 4 rings (SSSR count). The molecule has 2 aromatic heterocycles. The third-order valence-corrected chi connectivity index (χ3v) is 4.49. The maximum atomic E-state index is 9.03. The summed E-state index contributed by atoms with van der Waals surface area (Å²) in [6.07, 6.45) is 5.75. The molecule has 0 amide bonds. The second kappa shape index (κ2) is 6.19. The van der Waals surface area contributed by atoms with E-state index < -0.39 is 0 Å². The highest BCUT2D eigenvalue weighted by Gasteiger charge is 2.27. The molecule has 1 aromatic carbocycles. The molecule has 25 heavy (non-hydrogen) atoms. The maximum Gasteiger partial charge on any atom is 0.222 e. The fraction of sp³-hybridized carbons (Fsp3) is 0.222. The molecule has 0 bridgehead atoms. The second-order valence-electron chi connectivity index (χ2n) is 5.96. The first-order valence-electron chi connectivity index (χ1n) is 7.84. The predicted octanol–water partition coefficient (Wildman–Crippen LogP) is 3.18. The highest BCUT2D eigenvalue weighted by molar-refractivity contribution is 6.28. The lowest BCUT2D eigenvalue weighted by molar-refractivity contribution is 0.197. The van der Waals surface area contributed by atoms with E-state index in [2.05, 4.69) is 21.1 Å². The SMILES string of the molecule is Cc1cc(C#N)ccc1-c1cnn2c1C[C@@H](Oc1cnc(Cl)nc1)C2. The van der Waals surface area contributed by atoms with Gasteiger partial charge in [-0.2, -0.15) is 10.4 Å². The van der Waals surface area contributed by atoms with Crippen LogP contribution in [-0.2, 0) is 13.0 Å². The van der Waals surface area contributed by atoms with Crippen LogP contribution in [0.1, 0.15) is 16.8 Å². The number of nitrogens with zero attached hydrogens (tertiary/aromatic N) is 5. The molecule has 0 aliphatic carbocycles. The van der Waals surface area contributed by atoms with E-state index in [0.717, 1.165) is 28.8 Å². The summed E-state index contributed by atoms with van der Waals surface area (Å²) in [7, 11) is 0. The van der Waals surface area contributed by atoms with E-state index in [0.29, 0.717) is 17.9 Å². The van der Waals surface area contributed by atoms with Gasteiger partial charge in [0.05, 0.1) is 42.5 Å². The van der Waals surface area contributed by atoms with Crippen molar-refractivity contribution in [1.82, 2.24) is 19.7 Å². The molecule has 7 heteroatoms. The van der Waals surface area contributed by atoms with Crippen LogP contribution in [0.15, 0.2) is 36.8 Å². The van der Waals surface area contributed by atoms with E-state index >= 15 is 0 Å². The molecular formula is C18H14ClN5O. The molecule has 6 nitrogen and oxygen atoms in total. The molecule has 1 aliphatic heterocycles. The number of halogens is 1. The van der Waals surface area contributed by atoms with Gasteiger partial charge in [0.15, 0.2) is 5.75 Å². The van der Waals surface area contributed by atoms with Crippen molar-refractivity contribution in [2.45, 2.75) is 26.0 Å². The van der Waals surface area contributed by atoms with Gasteiger partial charge in [-0.05, 0) is 41.8 Å². The molecule has 0 saturated carbocycles. The lowest BCUT2D eigenvalue weighted by atomic mass is 9.98. The lowest BCUT2D eigenvalue weighted by Gasteiger charge is -2.12. The van der Waals surface area contributed by atoms with Crippen molar-refractivity contribution in [1.29, 1.82) is 5.26 Å². The minimum atomic E-state index is -0.0223. The minimum absolute atomic E-state index is 0.0223. The van der Waals surface area contributed by atoms with Crippen LogP contribution >= 0.6 is 11.6 Å². The number of rotatable bonds is 3. The van der Waals surface area contributed by atoms with Gasteiger partial charge >= 0.3 is 0 Å². The molecule has 0 spiro atoms. The van der Waals surface area contributed by atoms with Crippen LogP contribution in [0.5, 0.6) is 5.75 Å². The molecule has 3 heterocycles. The summed E-state index contributed by atoms with van der Waals surface area (Å²) in [6, 6.07) is 7.88. The van der Waals surface area contributed by atoms with Crippen LogP contribution in [0, 0.1) is 18.3 Å². The number of fused-ring (bicyclic) bond motifs is 1. The van der Waals surface area contributed by atoms with Crippen molar-refractivity contribution >= 4 is 11.6 Å². The molecule has 3 aromatic rings.